The second kappa shape index (κ2) is 5.64. The Hall–Kier alpha value is -3.03. The summed E-state index contributed by atoms with van der Waals surface area (Å²) >= 11 is 0. The second-order valence-corrected chi connectivity index (χ2v) is 5.07. The highest BCUT2D eigenvalue weighted by molar-refractivity contribution is 5.95. The molecular weight excluding hydrogens is 298 g/mol. The van der Waals surface area contributed by atoms with Gasteiger partial charge in [-0.15, -0.1) is 0 Å². The second-order valence-electron chi connectivity index (χ2n) is 5.07. The molecule has 0 saturated heterocycles. The van der Waals surface area contributed by atoms with Crippen molar-refractivity contribution in [3.63, 3.8) is 0 Å². The first kappa shape index (κ1) is 14.9. The third kappa shape index (κ3) is 2.37. The summed E-state index contributed by atoms with van der Waals surface area (Å²) in [5.41, 5.74) is 7.39. The summed E-state index contributed by atoms with van der Waals surface area (Å²) < 4.78 is 12.3. The average molecular weight is 315 g/mol. The van der Waals surface area contributed by atoms with Gasteiger partial charge in [-0.1, -0.05) is 0 Å². The van der Waals surface area contributed by atoms with Crippen LogP contribution in [0.5, 0.6) is 11.5 Å². The molecule has 0 saturated carbocycles. The number of hydrogen-bond acceptors (Lipinski definition) is 6. The molecule has 0 unspecified atom stereocenters. The number of primary amides is 1. The Morgan fingerprint density at radius 3 is 2.78 bits per heavy atom. The van der Waals surface area contributed by atoms with Crippen LogP contribution in [0, 0.1) is 0 Å². The lowest BCUT2D eigenvalue weighted by Gasteiger charge is -2.28. The standard InChI is InChI=1S/C15H17N5O3/c1-8-12(14(16)21)13(20-15(19-8)17-7-18-20)10-5-4-9(22-2)6-11(10)23-3/h4-7,13H,1-3H3,(H2,16,21)(H,17,18,19)/t13-/m0/s1. The zero-order valence-electron chi connectivity index (χ0n) is 13.0. The largest absolute Gasteiger partial charge is 0.497 e. The quantitative estimate of drug-likeness (QED) is 0.874. The number of carbonyl (C=O) groups excluding carboxylic acids is 1. The zero-order valence-corrected chi connectivity index (χ0v) is 13.0. The van der Waals surface area contributed by atoms with Gasteiger partial charge < -0.3 is 20.5 Å². The first-order valence-electron chi connectivity index (χ1n) is 6.95. The number of fused-ring (bicyclic) bond motifs is 1. The SMILES string of the molecule is COc1ccc([C@H]2C(C(N)=O)=C(C)Nc3ncnn32)c(OC)c1. The van der Waals surface area contributed by atoms with Crippen molar-refractivity contribution in [2.45, 2.75) is 13.0 Å². The molecule has 120 valence electrons. The molecule has 8 nitrogen and oxygen atoms in total. The molecule has 1 aromatic heterocycles. The van der Waals surface area contributed by atoms with Crippen LogP contribution in [-0.2, 0) is 4.79 Å². The third-order valence-electron chi connectivity index (χ3n) is 3.80. The van der Waals surface area contributed by atoms with Crippen LogP contribution >= 0.6 is 0 Å². The average Bonchev–Trinajstić information content (AvgIpc) is 3.00. The molecule has 3 rings (SSSR count). The molecule has 8 heteroatoms. The smallest absolute Gasteiger partial charge is 0.248 e. The number of nitrogens with one attached hydrogen (secondary N) is 1. The van der Waals surface area contributed by atoms with Crippen LogP contribution in [-0.4, -0.2) is 34.9 Å². The van der Waals surface area contributed by atoms with Crippen molar-refractivity contribution in [2.75, 3.05) is 19.5 Å². The Morgan fingerprint density at radius 2 is 2.13 bits per heavy atom. The van der Waals surface area contributed by atoms with Crippen molar-refractivity contribution in [3.05, 3.63) is 41.4 Å². The van der Waals surface area contributed by atoms with E-state index >= 15 is 0 Å². The minimum Gasteiger partial charge on any atom is -0.497 e. The number of hydrogen-bond donors (Lipinski definition) is 2. The van der Waals surface area contributed by atoms with Crippen molar-refractivity contribution in [1.82, 2.24) is 14.8 Å². The van der Waals surface area contributed by atoms with Gasteiger partial charge in [-0.25, -0.2) is 4.68 Å². The maximum atomic E-state index is 12.0. The molecule has 0 bridgehead atoms. The topological polar surface area (TPSA) is 104 Å². The molecule has 0 spiro atoms. The third-order valence-corrected chi connectivity index (χ3v) is 3.80. The molecule has 0 fully saturated rings. The number of nitrogens with two attached hydrogens (primary N) is 1. The monoisotopic (exact) mass is 315 g/mol. The summed E-state index contributed by atoms with van der Waals surface area (Å²) in [5.74, 6) is 1.23. The van der Waals surface area contributed by atoms with Gasteiger partial charge in [0.1, 0.15) is 23.9 Å². The fourth-order valence-electron chi connectivity index (χ4n) is 2.74. The maximum Gasteiger partial charge on any atom is 0.248 e. The van der Waals surface area contributed by atoms with Gasteiger partial charge in [-0.05, 0) is 19.1 Å². The Kier molecular flexibility index (Phi) is 3.65. The minimum atomic E-state index is -0.529. The van der Waals surface area contributed by atoms with E-state index in [2.05, 4.69) is 15.4 Å². The van der Waals surface area contributed by atoms with E-state index in [9.17, 15) is 4.79 Å². The van der Waals surface area contributed by atoms with Gasteiger partial charge in [-0.3, -0.25) is 4.79 Å². The van der Waals surface area contributed by atoms with Gasteiger partial charge in [0.05, 0.1) is 19.8 Å². The van der Waals surface area contributed by atoms with E-state index in [4.69, 9.17) is 15.2 Å². The van der Waals surface area contributed by atoms with E-state index in [1.165, 1.54) is 6.33 Å². The zero-order chi connectivity index (χ0) is 16.6. The highest BCUT2D eigenvalue weighted by Gasteiger charge is 2.34. The lowest BCUT2D eigenvalue weighted by atomic mass is 9.94. The van der Waals surface area contributed by atoms with Crippen molar-refractivity contribution in [2.24, 2.45) is 5.73 Å². The molecule has 23 heavy (non-hydrogen) atoms. The number of anilines is 1. The van der Waals surface area contributed by atoms with E-state index in [1.807, 2.05) is 6.07 Å². The van der Waals surface area contributed by atoms with Gasteiger partial charge in [0.25, 0.3) is 0 Å². The van der Waals surface area contributed by atoms with Crippen molar-refractivity contribution in [3.8, 4) is 11.5 Å². The summed E-state index contributed by atoms with van der Waals surface area (Å²) in [4.78, 5) is 16.2. The van der Waals surface area contributed by atoms with Crippen LogP contribution in [0.2, 0.25) is 0 Å². The van der Waals surface area contributed by atoms with Crippen LogP contribution in [0.3, 0.4) is 0 Å². The molecule has 1 aliphatic heterocycles. The fraction of sp³-hybridized carbons (Fsp3) is 0.267. The lowest BCUT2D eigenvalue weighted by molar-refractivity contribution is -0.115. The lowest BCUT2D eigenvalue weighted by Crippen LogP contribution is -2.32. The number of benzene rings is 1. The van der Waals surface area contributed by atoms with Crippen LogP contribution in [0.15, 0.2) is 35.8 Å². The normalized spacial score (nSPS) is 16.6. The Morgan fingerprint density at radius 1 is 1.35 bits per heavy atom. The molecule has 0 aliphatic carbocycles. The molecule has 1 aliphatic rings. The number of allylic oxidation sites excluding steroid dienone is 1. The Labute approximate surface area is 132 Å². The maximum absolute atomic E-state index is 12.0. The van der Waals surface area contributed by atoms with Gasteiger partial charge in [0, 0.05) is 17.3 Å². The Bertz CT molecular complexity index is 796. The van der Waals surface area contributed by atoms with Crippen molar-refractivity contribution in [1.29, 1.82) is 0 Å². The summed E-state index contributed by atoms with van der Waals surface area (Å²) in [6.07, 6.45) is 1.42. The van der Waals surface area contributed by atoms with Gasteiger partial charge >= 0.3 is 0 Å². The van der Waals surface area contributed by atoms with Crippen LogP contribution in [0.1, 0.15) is 18.5 Å². The number of nitrogens with zero attached hydrogens (tertiary/aromatic N) is 3. The summed E-state index contributed by atoms with van der Waals surface area (Å²) in [7, 11) is 3.13. The van der Waals surface area contributed by atoms with E-state index in [0.29, 0.717) is 28.7 Å². The predicted molar refractivity (Wildman–Crippen MR) is 83.2 cm³/mol. The van der Waals surface area contributed by atoms with Crippen LogP contribution in [0.25, 0.3) is 0 Å². The van der Waals surface area contributed by atoms with E-state index in [-0.39, 0.29) is 0 Å². The minimum absolute atomic E-state index is 0.409. The van der Waals surface area contributed by atoms with E-state index in [1.54, 1.807) is 38.0 Å². The van der Waals surface area contributed by atoms with Crippen LogP contribution < -0.4 is 20.5 Å². The molecule has 3 N–H and O–H groups in total. The molecule has 1 atom stereocenters. The molecule has 1 aromatic carbocycles. The molecule has 2 aromatic rings. The molecule has 0 radical (unpaired) electrons. The molecular formula is C15H17N5O3. The summed E-state index contributed by atoms with van der Waals surface area (Å²) in [6.45, 7) is 1.78. The number of methoxy groups -OCH3 is 2. The highest BCUT2D eigenvalue weighted by atomic mass is 16.5. The van der Waals surface area contributed by atoms with Crippen LogP contribution in [0.4, 0.5) is 5.95 Å². The van der Waals surface area contributed by atoms with Gasteiger partial charge in [0.15, 0.2) is 0 Å². The molecule has 1 amide bonds. The number of ether oxygens (including phenoxy) is 2. The number of carbonyl (C=O) groups is 1. The Balaban J connectivity index is 2.22. The number of aromatic nitrogens is 3. The highest BCUT2D eigenvalue weighted by Crippen LogP contribution is 2.39. The van der Waals surface area contributed by atoms with E-state index in [0.717, 1.165) is 5.56 Å². The first-order chi connectivity index (χ1) is 11.1. The summed E-state index contributed by atoms with van der Waals surface area (Å²) in [5, 5.41) is 7.25. The number of amides is 1. The fourth-order valence-corrected chi connectivity index (χ4v) is 2.74. The van der Waals surface area contributed by atoms with Gasteiger partial charge in [-0.2, -0.15) is 10.1 Å². The van der Waals surface area contributed by atoms with Crippen molar-refractivity contribution < 1.29 is 14.3 Å². The number of rotatable bonds is 4. The van der Waals surface area contributed by atoms with Crippen molar-refractivity contribution >= 4 is 11.9 Å². The van der Waals surface area contributed by atoms with Gasteiger partial charge in [0.2, 0.25) is 11.9 Å². The van der Waals surface area contributed by atoms with E-state index < -0.39 is 11.9 Å². The predicted octanol–water partition coefficient (Wildman–Crippen LogP) is 1.07. The molecule has 2 heterocycles. The summed E-state index contributed by atoms with van der Waals surface area (Å²) in [6, 6.07) is 4.86. The first-order valence-corrected chi connectivity index (χ1v) is 6.95.